The number of nitriles is 1. The molecule has 0 aromatic heterocycles. The van der Waals surface area contributed by atoms with Crippen molar-refractivity contribution in [3.63, 3.8) is 0 Å². The summed E-state index contributed by atoms with van der Waals surface area (Å²) in [4.78, 5) is 13.4. The zero-order valence-corrected chi connectivity index (χ0v) is 10.2. The molecule has 86 valence electrons. The van der Waals surface area contributed by atoms with Gasteiger partial charge in [-0.3, -0.25) is 4.79 Å². The van der Waals surface area contributed by atoms with Crippen molar-refractivity contribution < 1.29 is 4.79 Å². The maximum absolute atomic E-state index is 11.8. The van der Waals surface area contributed by atoms with Gasteiger partial charge in [-0.15, -0.1) is 0 Å². The number of carbonyl (C=O) groups is 1. The van der Waals surface area contributed by atoms with Crippen LogP contribution in [0.15, 0.2) is 0 Å². The second-order valence-corrected chi connectivity index (χ2v) is 4.20. The highest BCUT2D eigenvalue weighted by molar-refractivity contribution is 7.98. The maximum Gasteiger partial charge on any atom is 0.239 e. The normalized spacial score (nSPS) is 11.9. The first kappa shape index (κ1) is 14.3. The maximum atomic E-state index is 11.8. The Labute approximate surface area is 95.8 Å². The summed E-state index contributed by atoms with van der Waals surface area (Å²) in [5.41, 5.74) is 5.76. The lowest BCUT2D eigenvalue weighted by molar-refractivity contribution is -0.132. The number of rotatable bonds is 7. The topological polar surface area (TPSA) is 70.1 Å². The molecule has 1 atom stereocenters. The van der Waals surface area contributed by atoms with Gasteiger partial charge in [-0.2, -0.15) is 17.0 Å². The molecule has 0 rings (SSSR count). The van der Waals surface area contributed by atoms with Gasteiger partial charge in [-0.1, -0.05) is 0 Å². The average molecular weight is 229 g/mol. The van der Waals surface area contributed by atoms with E-state index in [-0.39, 0.29) is 5.91 Å². The Bertz CT molecular complexity index is 227. The molecular formula is C10H19N3OS. The standard InChI is InChI=1S/C10H19N3OS/c1-3-13(7-4-6-11)10(14)9(12)5-8-15-2/h9H,3-5,7-8,12H2,1-2H3/t9-/m0/s1. The van der Waals surface area contributed by atoms with E-state index in [0.29, 0.717) is 25.9 Å². The van der Waals surface area contributed by atoms with Crippen LogP contribution in [0.1, 0.15) is 19.8 Å². The van der Waals surface area contributed by atoms with Crippen LogP contribution in [0.3, 0.4) is 0 Å². The van der Waals surface area contributed by atoms with E-state index in [4.69, 9.17) is 11.0 Å². The number of likely N-dealkylation sites (N-methyl/N-ethyl adjacent to an activating group) is 1. The van der Waals surface area contributed by atoms with Crippen molar-refractivity contribution in [3.8, 4) is 6.07 Å². The fourth-order valence-electron chi connectivity index (χ4n) is 1.21. The minimum Gasteiger partial charge on any atom is -0.341 e. The zero-order valence-electron chi connectivity index (χ0n) is 9.40. The molecule has 0 aromatic rings. The second-order valence-electron chi connectivity index (χ2n) is 3.21. The zero-order chi connectivity index (χ0) is 11.7. The number of nitrogens with two attached hydrogens (primary N) is 1. The number of hydrogen-bond donors (Lipinski definition) is 1. The SMILES string of the molecule is CCN(CCC#N)C(=O)[C@@H](N)CCSC. The molecule has 15 heavy (non-hydrogen) atoms. The highest BCUT2D eigenvalue weighted by Gasteiger charge is 2.18. The number of carbonyl (C=O) groups excluding carboxylic acids is 1. The molecule has 4 nitrogen and oxygen atoms in total. The van der Waals surface area contributed by atoms with Crippen LogP contribution in [0.25, 0.3) is 0 Å². The number of amides is 1. The van der Waals surface area contributed by atoms with Gasteiger partial charge in [-0.25, -0.2) is 0 Å². The third kappa shape index (κ3) is 5.65. The molecule has 0 aliphatic carbocycles. The van der Waals surface area contributed by atoms with Crippen LogP contribution in [-0.4, -0.2) is 41.9 Å². The van der Waals surface area contributed by atoms with Crippen molar-refractivity contribution in [1.82, 2.24) is 4.90 Å². The lowest BCUT2D eigenvalue weighted by Crippen LogP contribution is -2.44. The van der Waals surface area contributed by atoms with E-state index < -0.39 is 6.04 Å². The second kappa shape index (κ2) is 8.57. The molecule has 2 N–H and O–H groups in total. The largest absolute Gasteiger partial charge is 0.341 e. The number of thioether (sulfide) groups is 1. The first-order chi connectivity index (χ1) is 7.17. The predicted molar refractivity (Wildman–Crippen MR) is 63.5 cm³/mol. The highest BCUT2D eigenvalue weighted by Crippen LogP contribution is 2.03. The lowest BCUT2D eigenvalue weighted by atomic mass is 10.2. The summed E-state index contributed by atoms with van der Waals surface area (Å²) < 4.78 is 0. The Morgan fingerprint density at radius 2 is 2.33 bits per heavy atom. The van der Waals surface area contributed by atoms with E-state index in [2.05, 4.69) is 0 Å². The summed E-state index contributed by atoms with van der Waals surface area (Å²) in [5.74, 6) is 0.852. The summed E-state index contributed by atoms with van der Waals surface area (Å²) in [5, 5.41) is 8.45. The van der Waals surface area contributed by atoms with E-state index in [1.54, 1.807) is 16.7 Å². The Morgan fingerprint density at radius 1 is 1.67 bits per heavy atom. The molecule has 0 aliphatic rings. The van der Waals surface area contributed by atoms with Gasteiger partial charge in [0.2, 0.25) is 5.91 Å². The molecule has 0 bridgehead atoms. The Balaban J connectivity index is 4.07. The molecule has 0 aromatic carbocycles. The Kier molecular flexibility index (Phi) is 8.15. The molecule has 5 heteroatoms. The van der Waals surface area contributed by atoms with Crippen molar-refractivity contribution in [2.24, 2.45) is 5.73 Å². The van der Waals surface area contributed by atoms with E-state index in [9.17, 15) is 4.79 Å². The van der Waals surface area contributed by atoms with Gasteiger partial charge in [0.15, 0.2) is 0 Å². The lowest BCUT2D eigenvalue weighted by Gasteiger charge is -2.23. The van der Waals surface area contributed by atoms with Crippen molar-refractivity contribution in [3.05, 3.63) is 0 Å². The van der Waals surface area contributed by atoms with Crippen LogP contribution < -0.4 is 5.73 Å². The van der Waals surface area contributed by atoms with Gasteiger partial charge in [0, 0.05) is 13.1 Å². The van der Waals surface area contributed by atoms with Crippen LogP contribution in [0.5, 0.6) is 0 Å². The fraction of sp³-hybridized carbons (Fsp3) is 0.800. The molecule has 1 amide bonds. The minimum absolute atomic E-state index is 0.0400. The smallest absolute Gasteiger partial charge is 0.239 e. The fourth-order valence-corrected chi connectivity index (χ4v) is 1.70. The van der Waals surface area contributed by atoms with E-state index in [1.807, 2.05) is 19.2 Å². The molecular weight excluding hydrogens is 210 g/mol. The molecule has 0 fully saturated rings. The number of nitrogens with zero attached hydrogens (tertiary/aromatic N) is 2. The third-order valence-electron chi connectivity index (χ3n) is 2.14. The van der Waals surface area contributed by atoms with Crippen molar-refractivity contribution in [1.29, 1.82) is 5.26 Å². The summed E-state index contributed by atoms with van der Waals surface area (Å²) in [6.07, 6.45) is 3.06. The Hall–Kier alpha value is -0.730. The molecule has 0 heterocycles. The van der Waals surface area contributed by atoms with Gasteiger partial charge >= 0.3 is 0 Å². The Morgan fingerprint density at radius 3 is 2.80 bits per heavy atom. The first-order valence-electron chi connectivity index (χ1n) is 5.07. The van der Waals surface area contributed by atoms with Gasteiger partial charge in [0.25, 0.3) is 0 Å². The van der Waals surface area contributed by atoms with Gasteiger partial charge in [0.05, 0.1) is 18.5 Å². The summed E-state index contributed by atoms with van der Waals surface area (Å²) in [7, 11) is 0. The predicted octanol–water partition coefficient (Wildman–Crippen LogP) is 0.829. The van der Waals surface area contributed by atoms with Crippen molar-refractivity contribution in [2.45, 2.75) is 25.8 Å². The summed E-state index contributed by atoms with van der Waals surface area (Å²) >= 11 is 1.68. The summed E-state index contributed by atoms with van der Waals surface area (Å²) in [6.45, 7) is 3.00. The molecule has 0 radical (unpaired) electrons. The highest BCUT2D eigenvalue weighted by atomic mass is 32.2. The minimum atomic E-state index is -0.420. The van der Waals surface area contributed by atoms with Crippen LogP contribution in [0.2, 0.25) is 0 Å². The molecule has 0 aliphatic heterocycles. The summed E-state index contributed by atoms with van der Waals surface area (Å²) in [6, 6.07) is 1.61. The quantitative estimate of drug-likeness (QED) is 0.702. The first-order valence-corrected chi connectivity index (χ1v) is 6.47. The van der Waals surface area contributed by atoms with Crippen molar-refractivity contribution >= 4 is 17.7 Å². The van der Waals surface area contributed by atoms with Crippen LogP contribution >= 0.6 is 11.8 Å². The molecule has 0 unspecified atom stereocenters. The van der Waals surface area contributed by atoms with Gasteiger partial charge in [0.1, 0.15) is 0 Å². The monoisotopic (exact) mass is 229 g/mol. The van der Waals surface area contributed by atoms with Crippen LogP contribution in [-0.2, 0) is 4.79 Å². The number of hydrogen-bond acceptors (Lipinski definition) is 4. The van der Waals surface area contributed by atoms with Gasteiger partial charge < -0.3 is 10.6 Å². The van der Waals surface area contributed by atoms with E-state index in [1.165, 1.54) is 0 Å². The van der Waals surface area contributed by atoms with Crippen molar-refractivity contribution in [2.75, 3.05) is 25.1 Å². The van der Waals surface area contributed by atoms with E-state index in [0.717, 1.165) is 5.75 Å². The molecule has 0 saturated heterocycles. The average Bonchev–Trinajstić information content (AvgIpc) is 2.26. The van der Waals surface area contributed by atoms with E-state index >= 15 is 0 Å². The van der Waals surface area contributed by atoms with Gasteiger partial charge in [-0.05, 0) is 25.4 Å². The molecule has 0 saturated carbocycles. The third-order valence-corrected chi connectivity index (χ3v) is 2.78. The molecule has 0 spiro atoms. The van der Waals surface area contributed by atoms with Crippen LogP contribution in [0.4, 0.5) is 0 Å². The van der Waals surface area contributed by atoms with Crippen LogP contribution in [0, 0.1) is 11.3 Å².